The molecule has 1 rings (SSSR count). The molecule has 94 valence electrons. The third kappa shape index (κ3) is 4.37. The molecule has 0 aliphatic rings. The lowest BCUT2D eigenvalue weighted by molar-refractivity contribution is -0.134. The Balaban J connectivity index is 2.61. The largest absolute Gasteiger partial charge is 0.425 e. The summed E-state index contributed by atoms with van der Waals surface area (Å²) < 4.78 is 5.04. The monoisotopic (exact) mass is 245 g/mol. The lowest BCUT2D eigenvalue weighted by atomic mass is 10.2. The van der Waals surface area contributed by atoms with Crippen molar-refractivity contribution in [3.05, 3.63) is 42.0 Å². The van der Waals surface area contributed by atoms with Crippen LogP contribution in [0.2, 0.25) is 0 Å². The molecule has 1 aromatic carbocycles. The Labute approximate surface area is 106 Å². The van der Waals surface area contributed by atoms with Gasteiger partial charge < -0.3 is 16.2 Å². The van der Waals surface area contributed by atoms with Crippen molar-refractivity contribution in [3.8, 4) is 11.8 Å². The highest BCUT2D eigenvalue weighted by molar-refractivity contribution is 5.80. The number of nitrogens with two attached hydrogens (primary N) is 2. The molecule has 0 amide bonds. The van der Waals surface area contributed by atoms with Gasteiger partial charge in [-0.15, -0.1) is 0 Å². The topological polar surface area (TPSA) is 102 Å². The minimum atomic E-state index is -0.855. The Kier molecular flexibility index (Phi) is 5.06. The van der Waals surface area contributed by atoms with Crippen LogP contribution in [0.5, 0.6) is 5.75 Å². The number of carbonyl (C=O) groups excluding carboxylic acids is 1. The maximum atomic E-state index is 11.6. The Morgan fingerprint density at radius 1 is 1.33 bits per heavy atom. The molecular formula is C13H15N3O2. The lowest BCUT2D eigenvalue weighted by Crippen LogP contribution is -2.32. The predicted molar refractivity (Wildman–Crippen MR) is 67.6 cm³/mol. The van der Waals surface area contributed by atoms with Crippen LogP contribution in [0.1, 0.15) is 12.5 Å². The Morgan fingerprint density at radius 3 is 2.44 bits per heavy atom. The SMILES string of the molecule is CC(N)/C=C\C(N)C(=O)Oc1ccc(C#N)cc1. The van der Waals surface area contributed by atoms with E-state index in [1.165, 1.54) is 6.08 Å². The second kappa shape index (κ2) is 6.55. The van der Waals surface area contributed by atoms with E-state index in [2.05, 4.69) is 0 Å². The first kappa shape index (κ1) is 13.9. The summed E-state index contributed by atoms with van der Waals surface area (Å²) in [5.74, 6) is -0.222. The molecule has 0 heterocycles. The molecule has 2 atom stereocenters. The van der Waals surface area contributed by atoms with E-state index >= 15 is 0 Å². The number of carbonyl (C=O) groups is 1. The van der Waals surface area contributed by atoms with E-state index in [1.807, 2.05) is 6.07 Å². The van der Waals surface area contributed by atoms with Crippen LogP contribution in [0, 0.1) is 11.3 Å². The van der Waals surface area contributed by atoms with Crippen LogP contribution in [0.3, 0.4) is 0 Å². The van der Waals surface area contributed by atoms with Gasteiger partial charge in [0, 0.05) is 6.04 Å². The smallest absolute Gasteiger partial charge is 0.332 e. The maximum Gasteiger partial charge on any atom is 0.332 e. The highest BCUT2D eigenvalue weighted by Crippen LogP contribution is 2.12. The first-order valence-electron chi connectivity index (χ1n) is 5.44. The van der Waals surface area contributed by atoms with Crippen molar-refractivity contribution in [3.63, 3.8) is 0 Å². The molecule has 5 nitrogen and oxygen atoms in total. The van der Waals surface area contributed by atoms with Gasteiger partial charge in [-0.3, -0.25) is 0 Å². The standard InChI is InChI=1S/C13H15N3O2/c1-9(15)2-7-12(16)13(17)18-11-5-3-10(8-14)4-6-11/h2-7,9,12H,15-16H2,1H3/b7-2-. The molecule has 1 aromatic rings. The lowest BCUT2D eigenvalue weighted by Gasteiger charge is -2.08. The van der Waals surface area contributed by atoms with Crippen LogP contribution in [0.15, 0.2) is 36.4 Å². The van der Waals surface area contributed by atoms with Crippen LogP contribution in [0.25, 0.3) is 0 Å². The number of ether oxygens (including phenoxy) is 1. The fourth-order valence-electron chi connectivity index (χ4n) is 1.16. The number of rotatable bonds is 4. The first-order valence-corrected chi connectivity index (χ1v) is 5.44. The molecule has 0 radical (unpaired) electrons. The van der Waals surface area contributed by atoms with Gasteiger partial charge in [0.2, 0.25) is 0 Å². The van der Waals surface area contributed by atoms with Gasteiger partial charge in [-0.25, -0.2) is 4.79 Å². The maximum absolute atomic E-state index is 11.6. The summed E-state index contributed by atoms with van der Waals surface area (Å²) >= 11 is 0. The molecular weight excluding hydrogens is 230 g/mol. The minimum Gasteiger partial charge on any atom is -0.425 e. The third-order valence-electron chi connectivity index (χ3n) is 2.10. The van der Waals surface area contributed by atoms with Gasteiger partial charge in [0.15, 0.2) is 0 Å². The third-order valence-corrected chi connectivity index (χ3v) is 2.10. The summed E-state index contributed by atoms with van der Waals surface area (Å²) in [6, 6.07) is 7.15. The summed E-state index contributed by atoms with van der Waals surface area (Å²) in [5, 5.41) is 8.62. The van der Waals surface area contributed by atoms with Crippen molar-refractivity contribution in [2.24, 2.45) is 11.5 Å². The minimum absolute atomic E-state index is 0.168. The fourth-order valence-corrected chi connectivity index (χ4v) is 1.16. The van der Waals surface area contributed by atoms with Crippen molar-refractivity contribution < 1.29 is 9.53 Å². The van der Waals surface area contributed by atoms with Gasteiger partial charge in [-0.05, 0) is 31.2 Å². The van der Waals surface area contributed by atoms with E-state index in [9.17, 15) is 4.79 Å². The molecule has 0 aliphatic carbocycles. The quantitative estimate of drug-likeness (QED) is 0.461. The van der Waals surface area contributed by atoms with E-state index < -0.39 is 12.0 Å². The highest BCUT2D eigenvalue weighted by atomic mass is 16.5. The molecule has 18 heavy (non-hydrogen) atoms. The van der Waals surface area contributed by atoms with E-state index in [-0.39, 0.29) is 6.04 Å². The van der Waals surface area contributed by atoms with Gasteiger partial charge in [0.25, 0.3) is 0 Å². The Bertz CT molecular complexity index is 472. The summed E-state index contributed by atoms with van der Waals surface area (Å²) in [6.45, 7) is 1.77. The normalized spacial score (nSPS) is 13.9. The summed E-state index contributed by atoms with van der Waals surface area (Å²) in [4.78, 5) is 11.6. The molecule has 0 saturated carbocycles. The number of nitriles is 1. The van der Waals surface area contributed by atoms with Crippen LogP contribution in [0.4, 0.5) is 0 Å². The van der Waals surface area contributed by atoms with Crippen LogP contribution in [-0.2, 0) is 4.79 Å². The number of hydrogen-bond donors (Lipinski definition) is 2. The molecule has 0 bridgehead atoms. The average Bonchev–Trinajstić information content (AvgIpc) is 2.36. The van der Waals surface area contributed by atoms with Gasteiger partial charge in [-0.1, -0.05) is 12.2 Å². The van der Waals surface area contributed by atoms with Crippen LogP contribution >= 0.6 is 0 Å². The molecule has 5 heteroatoms. The molecule has 0 aliphatic heterocycles. The van der Waals surface area contributed by atoms with E-state index in [0.717, 1.165) is 0 Å². The highest BCUT2D eigenvalue weighted by Gasteiger charge is 2.12. The predicted octanol–water partition coefficient (Wildman–Crippen LogP) is 0.694. The van der Waals surface area contributed by atoms with Gasteiger partial charge in [0.05, 0.1) is 11.6 Å². The van der Waals surface area contributed by atoms with Crippen molar-refractivity contribution in [2.75, 3.05) is 0 Å². The molecule has 0 saturated heterocycles. The van der Waals surface area contributed by atoms with Crippen LogP contribution < -0.4 is 16.2 Å². The van der Waals surface area contributed by atoms with Crippen molar-refractivity contribution in [1.29, 1.82) is 5.26 Å². The molecule has 0 spiro atoms. The first-order chi connectivity index (χ1) is 8.52. The van der Waals surface area contributed by atoms with Gasteiger partial charge in [-0.2, -0.15) is 5.26 Å². The number of esters is 1. The molecule has 0 fully saturated rings. The molecule has 0 aromatic heterocycles. The summed E-state index contributed by atoms with van der Waals surface area (Å²) in [5.41, 5.74) is 11.6. The number of benzene rings is 1. The van der Waals surface area contributed by atoms with E-state index in [0.29, 0.717) is 11.3 Å². The molecule has 4 N–H and O–H groups in total. The second-order valence-corrected chi connectivity index (χ2v) is 3.83. The Hall–Kier alpha value is -2.16. The van der Waals surface area contributed by atoms with Crippen molar-refractivity contribution >= 4 is 5.97 Å². The summed E-state index contributed by atoms with van der Waals surface area (Å²) in [6.07, 6.45) is 3.13. The Morgan fingerprint density at radius 2 is 1.94 bits per heavy atom. The van der Waals surface area contributed by atoms with Gasteiger partial charge >= 0.3 is 5.97 Å². The van der Waals surface area contributed by atoms with Crippen molar-refractivity contribution in [1.82, 2.24) is 0 Å². The number of nitrogens with zero attached hydrogens (tertiary/aromatic N) is 1. The molecule has 2 unspecified atom stereocenters. The number of hydrogen-bond acceptors (Lipinski definition) is 5. The van der Waals surface area contributed by atoms with Gasteiger partial charge in [0.1, 0.15) is 11.8 Å². The second-order valence-electron chi connectivity index (χ2n) is 3.83. The zero-order valence-electron chi connectivity index (χ0n) is 10.0. The summed E-state index contributed by atoms with van der Waals surface area (Å²) in [7, 11) is 0. The zero-order valence-corrected chi connectivity index (χ0v) is 10.0. The van der Waals surface area contributed by atoms with E-state index in [4.69, 9.17) is 21.5 Å². The van der Waals surface area contributed by atoms with Crippen LogP contribution in [-0.4, -0.2) is 18.1 Å². The fraction of sp³-hybridized carbons (Fsp3) is 0.231. The average molecular weight is 245 g/mol. The zero-order chi connectivity index (χ0) is 13.5. The van der Waals surface area contributed by atoms with Crippen molar-refractivity contribution in [2.45, 2.75) is 19.0 Å². The van der Waals surface area contributed by atoms with E-state index in [1.54, 1.807) is 37.3 Å².